The van der Waals surface area contributed by atoms with Crippen molar-refractivity contribution in [3.05, 3.63) is 69.8 Å². The molecule has 0 aliphatic carbocycles. The van der Waals surface area contributed by atoms with Gasteiger partial charge in [0, 0.05) is 42.2 Å². The van der Waals surface area contributed by atoms with Gasteiger partial charge in [0.2, 0.25) is 5.91 Å². The van der Waals surface area contributed by atoms with Crippen LogP contribution in [0, 0.1) is 0 Å². The molecule has 6 nitrogen and oxygen atoms in total. The number of benzene rings is 2. The number of anilines is 1. The third-order valence-electron chi connectivity index (χ3n) is 6.47. The SMILES string of the molecule is CC(=O)NC1(C)CCN(c2cc(Cl)nc3c(-c4ccc(Cl)cc4)c(-c4ccccc4Cl)nn23)CC1. The molecule has 180 valence electrons. The zero-order chi connectivity index (χ0) is 24.7. The third kappa shape index (κ3) is 4.70. The highest BCUT2D eigenvalue weighted by Gasteiger charge is 2.32. The van der Waals surface area contributed by atoms with Crippen LogP contribution in [0.4, 0.5) is 5.82 Å². The first-order valence-electron chi connectivity index (χ1n) is 11.4. The molecule has 4 aromatic rings. The number of hydrogen-bond donors (Lipinski definition) is 1. The Labute approximate surface area is 218 Å². The molecule has 2 aromatic carbocycles. The number of rotatable bonds is 4. The van der Waals surface area contributed by atoms with Crippen LogP contribution in [0.3, 0.4) is 0 Å². The van der Waals surface area contributed by atoms with Crippen LogP contribution in [0.2, 0.25) is 15.2 Å². The fraction of sp³-hybridized carbons (Fsp3) is 0.269. The number of carbonyl (C=O) groups is 1. The summed E-state index contributed by atoms with van der Waals surface area (Å²) in [6, 6.07) is 17.0. The lowest BCUT2D eigenvalue weighted by Gasteiger charge is -2.40. The molecule has 1 N–H and O–H groups in total. The molecule has 1 aliphatic rings. The molecule has 1 fully saturated rings. The lowest BCUT2D eigenvalue weighted by Crippen LogP contribution is -2.53. The number of nitrogens with one attached hydrogen (secondary N) is 1. The minimum absolute atomic E-state index is 0.0145. The van der Waals surface area contributed by atoms with Crippen LogP contribution in [0.1, 0.15) is 26.7 Å². The maximum absolute atomic E-state index is 11.7. The predicted octanol–water partition coefficient (Wildman–Crippen LogP) is 6.52. The summed E-state index contributed by atoms with van der Waals surface area (Å²) in [6.07, 6.45) is 1.60. The number of carbonyl (C=O) groups excluding carboxylic acids is 1. The van der Waals surface area contributed by atoms with E-state index >= 15 is 0 Å². The standard InChI is InChI=1S/C26H24Cl3N5O/c1-16(35)31-26(2)11-13-33(14-12-26)22-15-21(29)30-25-23(17-7-9-18(27)10-8-17)24(32-34(22)25)19-5-3-4-6-20(19)28/h3-10,15H,11-14H2,1-2H3,(H,31,35). The van der Waals surface area contributed by atoms with Crippen molar-refractivity contribution in [2.75, 3.05) is 18.0 Å². The molecule has 35 heavy (non-hydrogen) atoms. The van der Waals surface area contributed by atoms with E-state index in [2.05, 4.69) is 22.1 Å². The first-order valence-corrected chi connectivity index (χ1v) is 12.5. The van der Waals surface area contributed by atoms with Crippen molar-refractivity contribution in [2.45, 2.75) is 32.2 Å². The summed E-state index contributed by atoms with van der Waals surface area (Å²) in [6.45, 7) is 5.12. The van der Waals surface area contributed by atoms with E-state index in [1.807, 2.05) is 59.1 Å². The molecular weight excluding hydrogens is 505 g/mol. The number of halogens is 3. The second-order valence-corrected chi connectivity index (χ2v) is 10.3. The summed E-state index contributed by atoms with van der Waals surface area (Å²) >= 11 is 19.3. The van der Waals surface area contributed by atoms with Crippen molar-refractivity contribution in [2.24, 2.45) is 0 Å². The number of amides is 1. The van der Waals surface area contributed by atoms with Gasteiger partial charge in [0.1, 0.15) is 16.7 Å². The number of fused-ring (bicyclic) bond motifs is 1. The molecule has 0 bridgehead atoms. The molecule has 0 saturated carbocycles. The molecule has 0 radical (unpaired) electrons. The van der Waals surface area contributed by atoms with E-state index in [1.165, 1.54) is 0 Å². The second-order valence-electron chi connectivity index (χ2n) is 9.11. The molecule has 3 heterocycles. The summed E-state index contributed by atoms with van der Waals surface area (Å²) in [5.74, 6) is 0.831. The third-order valence-corrected chi connectivity index (χ3v) is 7.24. The van der Waals surface area contributed by atoms with Crippen LogP contribution in [0.5, 0.6) is 0 Å². The van der Waals surface area contributed by atoms with Gasteiger partial charge in [-0.2, -0.15) is 9.61 Å². The van der Waals surface area contributed by atoms with Crippen molar-refractivity contribution in [1.82, 2.24) is 19.9 Å². The van der Waals surface area contributed by atoms with E-state index in [-0.39, 0.29) is 11.4 Å². The Balaban J connectivity index is 1.67. The fourth-order valence-corrected chi connectivity index (χ4v) is 5.23. The van der Waals surface area contributed by atoms with Gasteiger partial charge in [-0.1, -0.05) is 65.1 Å². The Morgan fingerprint density at radius 1 is 1.03 bits per heavy atom. The molecule has 9 heteroatoms. The van der Waals surface area contributed by atoms with Crippen LogP contribution in [-0.4, -0.2) is 39.1 Å². The topological polar surface area (TPSA) is 62.5 Å². The van der Waals surface area contributed by atoms with E-state index in [0.29, 0.717) is 26.5 Å². The summed E-state index contributed by atoms with van der Waals surface area (Å²) < 4.78 is 1.84. The minimum atomic E-state index is -0.237. The van der Waals surface area contributed by atoms with Gasteiger partial charge in [-0.3, -0.25) is 4.79 Å². The fourth-order valence-electron chi connectivity index (χ4n) is 4.70. The first kappa shape index (κ1) is 23.9. The maximum atomic E-state index is 11.7. The highest BCUT2D eigenvalue weighted by atomic mass is 35.5. The maximum Gasteiger partial charge on any atom is 0.217 e. The highest BCUT2D eigenvalue weighted by molar-refractivity contribution is 6.33. The smallest absolute Gasteiger partial charge is 0.217 e. The Bertz CT molecular complexity index is 1410. The van der Waals surface area contributed by atoms with Gasteiger partial charge < -0.3 is 10.2 Å². The van der Waals surface area contributed by atoms with Gasteiger partial charge in [0.05, 0.1) is 10.6 Å². The van der Waals surface area contributed by atoms with Gasteiger partial charge in [-0.25, -0.2) is 4.98 Å². The van der Waals surface area contributed by atoms with Gasteiger partial charge in [-0.15, -0.1) is 0 Å². The lowest BCUT2D eigenvalue weighted by atomic mass is 9.89. The molecule has 1 saturated heterocycles. The van der Waals surface area contributed by atoms with Gasteiger partial charge >= 0.3 is 0 Å². The van der Waals surface area contributed by atoms with Gasteiger partial charge in [-0.05, 0) is 43.5 Å². The van der Waals surface area contributed by atoms with Crippen molar-refractivity contribution in [1.29, 1.82) is 0 Å². The van der Waals surface area contributed by atoms with Crippen LogP contribution in [-0.2, 0) is 4.79 Å². The van der Waals surface area contributed by atoms with Crippen LogP contribution >= 0.6 is 34.8 Å². The molecule has 0 atom stereocenters. The first-order chi connectivity index (χ1) is 16.7. The molecular formula is C26H24Cl3N5O. The second kappa shape index (κ2) is 9.34. The Kier molecular flexibility index (Phi) is 6.38. The highest BCUT2D eigenvalue weighted by Crippen LogP contribution is 2.40. The number of hydrogen-bond acceptors (Lipinski definition) is 4. The summed E-state index contributed by atoms with van der Waals surface area (Å²) in [7, 11) is 0. The molecule has 2 aromatic heterocycles. The average molecular weight is 529 g/mol. The van der Waals surface area contributed by atoms with E-state index in [9.17, 15) is 4.79 Å². The minimum Gasteiger partial charge on any atom is -0.356 e. The Hall–Kier alpha value is -2.80. The molecule has 0 unspecified atom stereocenters. The van der Waals surface area contributed by atoms with E-state index in [1.54, 1.807) is 6.92 Å². The number of piperidine rings is 1. The van der Waals surface area contributed by atoms with Gasteiger partial charge in [0.15, 0.2) is 5.65 Å². The van der Waals surface area contributed by atoms with Crippen LogP contribution in [0.15, 0.2) is 54.6 Å². The number of aromatic nitrogens is 3. The molecule has 5 rings (SSSR count). The molecule has 1 aliphatic heterocycles. The normalized spacial score (nSPS) is 15.4. The zero-order valence-electron chi connectivity index (χ0n) is 19.4. The Morgan fingerprint density at radius 3 is 2.37 bits per heavy atom. The summed E-state index contributed by atoms with van der Waals surface area (Å²) in [4.78, 5) is 18.6. The van der Waals surface area contributed by atoms with E-state index in [0.717, 1.165) is 48.4 Å². The van der Waals surface area contributed by atoms with Crippen LogP contribution < -0.4 is 10.2 Å². The van der Waals surface area contributed by atoms with E-state index in [4.69, 9.17) is 39.9 Å². The average Bonchev–Trinajstić information content (AvgIpc) is 3.18. The monoisotopic (exact) mass is 527 g/mol. The summed E-state index contributed by atoms with van der Waals surface area (Å²) in [5.41, 5.74) is 3.67. The summed E-state index contributed by atoms with van der Waals surface area (Å²) in [5, 5.41) is 9.73. The van der Waals surface area contributed by atoms with Gasteiger partial charge in [0.25, 0.3) is 0 Å². The Morgan fingerprint density at radius 2 is 1.71 bits per heavy atom. The lowest BCUT2D eigenvalue weighted by molar-refractivity contribution is -0.120. The predicted molar refractivity (Wildman–Crippen MR) is 143 cm³/mol. The number of nitrogens with zero attached hydrogens (tertiary/aromatic N) is 4. The van der Waals surface area contributed by atoms with Crippen LogP contribution in [0.25, 0.3) is 28.0 Å². The quantitative estimate of drug-likeness (QED) is 0.306. The van der Waals surface area contributed by atoms with E-state index < -0.39 is 0 Å². The largest absolute Gasteiger partial charge is 0.356 e. The van der Waals surface area contributed by atoms with Crippen molar-refractivity contribution < 1.29 is 4.79 Å². The zero-order valence-corrected chi connectivity index (χ0v) is 21.6. The van der Waals surface area contributed by atoms with Crippen molar-refractivity contribution in [3.8, 4) is 22.4 Å². The molecule has 1 amide bonds. The van der Waals surface area contributed by atoms with Crippen molar-refractivity contribution in [3.63, 3.8) is 0 Å². The van der Waals surface area contributed by atoms with Crippen molar-refractivity contribution >= 4 is 52.2 Å². The molecule has 0 spiro atoms.